The Morgan fingerprint density at radius 3 is 3.06 bits per heavy atom. The van der Waals surface area contributed by atoms with Crippen LogP contribution in [0, 0.1) is 0 Å². The van der Waals surface area contributed by atoms with Gasteiger partial charge < -0.3 is 5.11 Å². The molecular weight excluding hydrogens is 238 g/mol. The van der Waals surface area contributed by atoms with Crippen LogP contribution in [0.5, 0.6) is 0 Å². The van der Waals surface area contributed by atoms with Crippen molar-refractivity contribution < 1.29 is 5.11 Å². The Bertz CT molecular complexity index is 552. The standard InChI is InChI=1S/C12H12ClN3O/c13-9-4-1-3-8(7-9)11-14-12-10(17)5-2-6-16(12)15-11/h1,3-4,7,10,17H,2,5-6H2. The summed E-state index contributed by atoms with van der Waals surface area (Å²) in [7, 11) is 0. The zero-order valence-corrected chi connectivity index (χ0v) is 9.93. The summed E-state index contributed by atoms with van der Waals surface area (Å²) in [4.78, 5) is 4.39. The van der Waals surface area contributed by atoms with E-state index in [0.717, 1.165) is 24.9 Å². The third kappa shape index (κ3) is 1.94. The van der Waals surface area contributed by atoms with Gasteiger partial charge in [0.2, 0.25) is 0 Å². The number of hydrogen-bond donors (Lipinski definition) is 1. The zero-order chi connectivity index (χ0) is 11.8. The molecule has 0 aliphatic carbocycles. The summed E-state index contributed by atoms with van der Waals surface area (Å²) >= 11 is 5.94. The molecule has 1 N–H and O–H groups in total. The molecule has 0 saturated carbocycles. The fourth-order valence-corrected chi connectivity index (χ4v) is 2.27. The maximum atomic E-state index is 9.83. The van der Waals surface area contributed by atoms with Crippen molar-refractivity contribution in [1.29, 1.82) is 0 Å². The Balaban J connectivity index is 2.05. The van der Waals surface area contributed by atoms with Gasteiger partial charge in [-0.05, 0) is 25.0 Å². The molecule has 2 heterocycles. The molecule has 88 valence electrons. The molecule has 1 atom stereocenters. The number of aliphatic hydroxyl groups excluding tert-OH is 1. The van der Waals surface area contributed by atoms with Gasteiger partial charge in [-0.15, -0.1) is 0 Å². The van der Waals surface area contributed by atoms with Crippen molar-refractivity contribution in [3.8, 4) is 11.4 Å². The lowest BCUT2D eigenvalue weighted by Crippen LogP contribution is -2.16. The Kier molecular flexibility index (Phi) is 2.61. The summed E-state index contributed by atoms with van der Waals surface area (Å²) in [6, 6.07) is 7.43. The fourth-order valence-electron chi connectivity index (χ4n) is 2.08. The van der Waals surface area contributed by atoms with E-state index in [1.54, 1.807) is 4.68 Å². The average molecular weight is 250 g/mol. The highest BCUT2D eigenvalue weighted by molar-refractivity contribution is 6.30. The van der Waals surface area contributed by atoms with E-state index in [2.05, 4.69) is 10.1 Å². The second-order valence-electron chi connectivity index (χ2n) is 4.19. The van der Waals surface area contributed by atoms with Crippen LogP contribution in [-0.4, -0.2) is 19.9 Å². The average Bonchev–Trinajstić information content (AvgIpc) is 2.74. The maximum Gasteiger partial charge on any atom is 0.181 e. The maximum absolute atomic E-state index is 9.83. The molecule has 1 aliphatic rings. The first-order valence-electron chi connectivity index (χ1n) is 5.63. The molecule has 3 rings (SSSR count). The third-order valence-corrected chi connectivity index (χ3v) is 3.16. The minimum absolute atomic E-state index is 0.496. The smallest absolute Gasteiger partial charge is 0.181 e. The van der Waals surface area contributed by atoms with Crippen LogP contribution in [-0.2, 0) is 6.54 Å². The van der Waals surface area contributed by atoms with E-state index >= 15 is 0 Å². The molecule has 5 heteroatoms. The van der Waals surface area contributed by atoms with Crippen molar-refractivity contribution in [2.24, 2.45) is 0 Å². The van der Waals surface area contributed by atoms with Crippen LogP contribution in [0.2, 0.25) is 5.02 Å². The molecule has 17 heavy (non-hydrogen) atoms. The van der Waals surface area contributed by atoms with Gasteiger partial charge in [-0.25, -0.2) is 9.67 Å². The highest BCUT2D eigenvalue weighted by Crippen LogP contribution is 2.26. The molecule has 0 fully saturated rings. The first-order valence-corrected chi connectivity index (χ1v) is 6.00. The van der Waals surface area contributed by atoms with Gasteiger partial charge in [0, 0.05) is 17.1 Å². The van der Waals surface area contributed by atoms with E-state index in [4.69, 9.17) is 11.6 Å². The molecule has 1 aromatic heterocycles. The predicted molar refractivity (Wildman–Crippen MR) is 64.7 cm³/mol. The summed E-state index contributed by atoms with van der Waals surface area (Å²) in [6.07, 6.45) is 1.20. The lowest BCUT2D eigenvalue weighted by molar-refractivity contribution is 0.130. The quantitative estimate of drug-likeness (QED) is 0.845. The van der Waals surface area contributed by atoms with Gasteiger partial charge in [-0.3, -0.25) is 0 Å². The van der Waals surface area contributed by atoms with Crippen LogP contribution in [0.25, 0.3) is 11.4 Å². The van der Waals surface area contributed by atoms with E-state index in [1.165, 1.54) is 0 Å². The van der Waals surface area contributed by atoms with E-state index in [-0.39, 0.29) is 0 Å². The van der Waals surface area contributed by atoms with Gasteiger partial charge in [0.25, 0.3) is 0 Å². The minimum Gasteiger partial charge on any atom is -0.385 e. The lowest BCUT2D eigenvalue weighted by Gasteiger charge is -2.16. The van der Waals surface area contributed by atoms with Gasteiger partial charge in [0.1, 0.15) is 6.10 Å². The second kappa shape index (κ2) is 4.13. The molecule has 0 saturated heterocycles. The first-order chi connectivity index (χ1) is 8.24. The van der Waals surface area contributed by atoms with Crippen molar-refractivity contribution in [1.82, 2.24) is 14.8 Å². The molecule has 0 bridgehead atoms. The zero-order valence-electron chi connectivity index (χ0n) is 9.17. The number of aromatic nitrogens is 3. The highest BCUT2D eigenvalue weighted by atomic mass is 35.5. The van der Waals surface area contributed by atoms with Crippen molar-refractivity contribution in [3.05, 3.63) is 35.1 Å². The Hall–Kier alpha value is -1.39. The van der Waals surface area contributed by atoms with Crippen molar-refractivity contribution >= 4 is 11.6 Å². The number of nitrogens with zero attached hydrogens (tertiary/aromatic N) is 3. The molecule has 4 nitrogen and oxygen atoms in total. The first kappa shape index (κ1) is 10.7. The third-order valence-electron chi connectivity index (χ3n) is 2.93. The van der Waals surface area contributed by atoms with Crippen molar-refractivity contribution in [2.75, 3.05) is 0 Å². The number of benzene rings is 1. The van der Waals surface area contributed by atoms with Crippen LogP contribution in [0.15, 0.2) is 24.3 Å². The van der Waals surface area contributed by atoms with Gasteiger partial charge >= 0.3 is 0 Å². The van der Waals surface area contributed by atoms with E-state index < -0.39 is 6.10 Å². The van der Waals surface area contributed by atoms with Crippen molar-refractivity contribution in [2.45, 2.75) is 25.5 Å². The number of rotatable bonds is 1. The Labute approximate surface area is 104 Å². The topological polar surface area (TPSA) is 50.9 Å². The summed E-state index contributed by atoms with van der Waals surface area (Å²) in [5, 5.41) is 14.9. The lowest BCUT2D eigenvalue weighted by atomic mass is 10.1. The fraction of sp³-hybridized carbons (Fsp3) is 0.333. The minimum atomic E-state index is -0.496. The van der Waals surface area contributed by atoms with Crippen molar-refractivity contribution in [3.63, 3.8) is 0 Å². The molecule has 1 unspecified atom stereocenters. The Morgan fingerprint density at radius 2 is 2.29 bits per heavy atom. The predicted octanol–water partition coefficient (Wildman–Crippen LogP) is 2.43. The molecule has 2 aromatic rings. The Morgan fingerprint density at radius 1 is 1.41 bits per heavy atom. The highest BCUT2D eigenvalue weighted by Gasteiger charge is 2.22. The molecule has 0 radical (unpaired) electrons. The SMILES string of the molecule is OC1CCCn2nc(-c3cccc(Cl)c3)nc21. The van der Waals surface area contributed by atoms with Crippen LogP contribution in [0.1, 0.15) is 24.8 Å². The number of fused-ring (bicyclic) bond motifs is 1. The number of aliphatic hydroxyl groups is 1. The summed E-state index contributed by atoms with van der Waals surface area (Å²) < 4.78 is 1.78. The number of aryl methyl sites for hydroxylation is 1. The van der Waals surface area contributed by atoms with Gasteiger partial charge in [0.15, 0.2) is 11.6 Å². The van der Waals surface area contributed by atoms with Crippen LogP contribution in [0.3, 0.4) is 0 Å². The van der Waals surface area contributed by atoms with Crippen LogP contribution in [0.4, 0.5) is 0 Å². The molecule has 1 aliphatic heterocycles. The molecule has 0 spiro atoms. The number of halogens is 1. The summed E-state index contributed by atoms with van der Waals surface area (Å²) in [5.41, 5.74) is 0.881. The largest absolute Gasteiger partial charge is 0.385 e. The second-order valence-corrected chi connectivity index (χ2v) is 4.62. The summed E-state index contributed by atoms with van der Waals surface area (Å²) in [5.74, 6) is 1.29. The van der Waals surface area contributed by atoms with E-state index in [9.17, 15) is 5.11 Å². The normalized spacial score (nSPS) is 19.1. The molecule has 1 aromatic carbocycles. The molecular formula is C12H12ClN3O. The van der Waals surface area contributed by atoms with Crippen LogP contribution < -0.4 is 0 Å². The van der Waals surface area contributed by atoms with E-state index in [1.807, 2.05) is 24.3 Å². The van der Waals surface area contributed by atoms with Gasteiger partial charge in [0.05, 0.1) is 0 Å². The monoisotopic (exact) mass is 249 g/mol. The summed E-state index contributed by atoms with van der Waals surface area (Å²) in [6.45, 7) is 0.819. The van der Waals surface area contributed by atoms with Crippen LogP contribution >= 0.6 is 11.6 Å². The van der Waals surface area contributed by atoms with Gasteiger partial charge in [-0.2, -0.15) is 5.10 Å². The number of hydrogen-bond acceptors (Lipinski definition) is 3. The molecule has 0 amide bonds. The van der Waals surface area contributed by atoms with E-state index in [0.29, 0.717) is 16.7 Å². The van der Waals surface area contributed by atoms with Gasteiger partial charge in [-0.1, -0.05) is 23.7 Å².